The summed E-state index contributed by atoms with van der Waals surface area (Å²) in [5, 5.41) is 9.21. The van der Waals surface area contributed by atoms with Crippen LogP contribution in [0.4, 0.5) is 0 Å². The molecule has 0 amide bonds. The predicted molar refractivity (Wildman–Crippen MR) is 41.9 cm³/mol. The van der Waals surface area contributed by atoms with Gasteiger partial charge in [0.2, 0.25) is 0 Å². The van der Waals surface area contributed by atoms with Crippen LogP contribution in [0.15, 0.2) is 0 Å². The van der Waals surface area contributed by atoms with Crippen molar-refractivity contribution >= 4 is 0 Å². The van der Waals surface area contributed by atoms with Gasteiger partial charge in [0, 0.05) is 13.0 Å². The molecule has 0 aromatic heterocycles. The third kappa shape index (κ3) is 2.27. The third-order valence-corrected chi connectivity index (χ3v) is 2.35. The summed E-state index contributed by atoms with van der Waals surface area (Å²) in [6.45, 7) is 7.72. The van der Waals surface area contributed by atoms with E-state index < -0.39 is 0 Å². The smallest absolute Gasteiger partial charge is 0.0672 e. The Hall–Kier alpha value is -0.0800. The normalized spacial score (nSPS) is 18.6. The Morgan fingerprint density at radius 3 is 1.80 bits per heavy atom. The zero-order valence-corrected chi connectivity index (χ0v) is 7.51. The van der Waals surface area contributed by atoms with E-state index >= 15 is 0 Å². The first kappa shape index (κ1) is 9.92. The van der Waals surface area contributed by atoms with Gasteiger partial charge < -0.3 is 9.84 Å². The molecule has 0 aliphatic heterocycles. The van der Waals surface area contributed by atoms with E-state index in [9.17, 15) is 5.11 Å². The molecule has 0 bridgehead atoms. The van der Waals surface area contributed by atoms with E-state index in [0.717, 1.165) is 0 Å². The van der Waals surface area contributed by atoms with E-state index in [0.29, 0.717) is 0 Å². The predicted octanol–water partition coefficient (Wildman–Crippen LogP) is 1.43. The number of hydrogen-bond acceptors (Lipinski definition) is 2. The van der Waals surface area contributed by atoms with Crippen molar-refractivity contribution < 1.29 is 9.84 Å². The first-order chi connectivity index (χ1) is 4.41. The Balaban J connectivity index is 4.03. The van der Waals surface area contributed by atoms with Crippen LogP contribution < -0.4 is 0 Å². The minimum Gasteiger partial charge on any atom is -0.393 e. The number of methoxy groups -OCH3 is 1. The van der Waals surface area contributed by atoms with E-state index in [1.165, 1.54) is 0 Å². The molecular formula is C8H18O2. The average molecular weight is 146 g/mol. The summed E-state index contributed by atoms with van der Waals surface area (Å²) in [6.07, 6.45) is -0.310. The van der Waals surface area contributed by atoms with Crippen molar-refractivity contribution in [3.8, 4) is 0 Å². The second kappa shape index (κ2) is 3.35. The summed E-state index contributed by atoms with van der Waals surface area (Å²) < 4.78 is 5.20. The van der Waals surface area contributed by atoms with Crippen LogP contribution in [0.5, 0.6) is 0 Å². The molecule has 1 N–H and O–H groups in total. The second-order valence-electron chi connectivity index (χ2n) is 3.34. The van der Waals surface area contributed by atoms with E-state index in [1.54, 1.807) is 14.0 Å². The van der Waals surface area contributed by atoms with Crippen LogP contribution in [0.2, 0.25) is 0 Å². The summed E-state index contributed by atoms with van der Waals surface area (Å²) in [6, 6.07) is 0. The van der Waals surface area contributed by atoms with Gasteiger partial charge in [-0.2, -0.15) is 0 Å². The molecule has 2 heteroatoms. The van der Waals surface area contributed by atoms with Gasteiger partial charge in [0.15, 0.2) is 0 Å². The Bertz CT molecular complexity index is 97.4. The van der Waals surface area contributed by atoms with Crippen molar-refractivity contribution in [3.05, 3.63) is 0 Å². The molecule has 0 aromatic carbocycles. The molecular weight excluding hydrogens is 128 g/mol. The first-order valence-electron chi connectivity index (χ1n) is 3.65. The Kier molecular flexibility index (Phi) is 3.33. The molecule has 0 fully saturated rings. The van der Waals surface area contributed by atoms with Crippen LogP contribution in [0.25, 0.3) is 0 Å². The van der Waals surface area contributed by atoms with Crippen LogP contribution in [-0.4, -0.2) is 23.9 Å². The lowest BCUT2D eigenvalue weighted by Crippen LogP contribution is -2.37. The molecule has 0 aliphatic carbocycles. The fourth-order valence-corrected chi connectivity index (χ4v) is 0.767. The highest BCUT2D eigenvalue weighted by Crippen LogP contribution is 2.22. The van der Waals surface area contributed by atoms with Crippen molar-refractivity contribution in [1.82, 2.24) is 0 Å². The van der Waals surface area contributed by atoms with Gasteiger partial charge in [0.1, 0.15) is 0 Å². The number of ether oxygens (including phenoxy) is 1. The number of rotatable bonds is 3. The van der Waals surface area contributed by atoms with Gasteiger partial charge in [0.25, 0.3) is 0 Å². The van der Waals surface area contributed by atoms with E-state index in [1.807, 2.05) is 20.8 Å². The van der Waals surface area contributed by atoms with Crippen LogP contribution in [0.3, 0.4) is 0 Å². The minimum absolute atomic E-state index is 0.164. The van der Waals surface area contributed by atoms with Crippen molar-refractivity contribution in [2.24, 2.45) is 5.92 Å². The molecule has 2 atom stereocenters. The molecule has 2 unspecified atom stereocenters. The molecule has 0 aliphatic rings. The number of hydrogen-bond donors (Lipinski definition) is 1. The summed E-state index contributed by atoms with van der Waals surface area (Å²) in [5.41, 5.74) is -0.228. The molecule has 10 heavy (non-hydrogen) atoms. The Morgan fingerprint density at radius 1 is 1.30 bits per heavy atom. The SMILES string of the molecule is COC(C)(C)C(C)C(C)O. The lowest BCUT2D eigenvalue weighted by Gasteiger charge is -2.32. The lowest BCUT2D eigenvalue weighted by molar-refractivity contribution is -0.0622. The highest BCUT2D eigenvalue weighted by molar-refractivity contribution is 4.78. The van der Waals surface area contributed by atoms with Crippen LogP contribution in [-0.2, 0) is 4.74 Å². The maximum Gasteiger partial charge on any atom is 0.0672 e. The quantitative estimate of drug-likeness (QED) is 0.652. The lowest BCUT2D eigenvalue weighted by atomic mass is 9.88. The minimum atomic E-state index is -0.310. The molecule has 0 aromatic rings. The van der Waals surface area contributed by atoms with Crippen LogP contribution >= 0.6 is 0 Å². The van der Waals surface area contributed by atoms with Gasteiger partial charge in [-0.3, -0.25) is 0 Å². The maximum atomic E-state index is 9.21. The molecule has 0 saturated carbocycles. The van der Waals surface area contributed by atoms with Gasteiger partial charge in [-0.25, -0.2) is 0 Å². The Labute approximate surface area is 63.2 Å². The molecule has 0 rings (SSSR count). The van der Waals surface area contributed by atoms with Crippen molar-refractivity contribution in [2.45, 2.75) is 39.4 Å². The van der Waals surface area contributed by atoms with Crippen LogP contribution in [0, 0.1) is 5.92 Å². The number of aliphatic hydroxyl groups is 1. The highest BCUT2D eigenvalue weighted by Gasteiger charge is 2.28. The second-order valence-corrected chi connectivity index (χ2v) is 3.34. The molecule has 0 radical (unpaired) electrons. The van der Waals surface area contributed by atoms with Gasteiger partial charge in [-0.1, -0.05) is 6.92 Å². The first-order valence-corrected chi connectivity index (χ1v) is 3.65. The largest absolute Gasteiger partial charge is 0.393 e. The maximum absolute atomic E-state index is 9.21. The van der Waals surface area contributed by atoms with Crippen LogP contribution in [0.1, 0.15) is 27.7 Å². The summed E-state index contributed by atoms with van der Waals surface area (Å²) in [5.74, 6) is 0.164. The van der Waals surface area contributed by atoms with Gasteiger partial charge in [-0.05, 0) is 20.8 Å². The van der Waals surface area contributed by atoms with Crippen molar-refractivity contribution in [2.75, 3.05) is 7.11 Å². The van der Waals surface area contributed by atoms with Crippen molar-refractivity contribution in [1.29, 1.82) is 0 Å². The summed E-state index contributed by atoms with van der Waals surface area (Å²) >= 11 is 0. The molecule has 2 nitrogen and oxygen atoms in total. The molecule has 0 heterocycles. The Morgan fingerprint density at radius 2 is 1.70 bits per heavy atom. The van der Waals surface area contributed by atoms with Gasteiger partial charge >= 0.3 is 0 Å². The highest BCUT2D eigenvalue weighted by atomic mass is 16.5. The number of aliphatic hydroxyl groups excluding tert-OH is 1. The fraction of sp³-hybridized carbons (Fsp3) is 1.00. The molecule has 62 valence electrons. The topological polar surface area (TPSA) is 29.5 Å². The zero-order chi connectivity index (χ0) is 8.36. The van der Waals surface area contributed by atoms with Gasteiger partial charge in [-0.15, -0.1) is 0 Å². The average Bonchev–Trinajstić information content (AvgIpc) is 1.86. The molecule has 0 spiro atoms. The van der Waals surface area contributed by atoms with E-state index in [4.69, 9.17) is 4.74 Å². The molecule has 0 saturated heterocycles. The monoisotopic (exact) mass is 146 g/mol. The fourth-order valence-electron chi connectivity index (χ4n) is 0.767. The van der Waals surface area contributed by atoms with E-state index in [2.05, 4.69) is 0 Å². The van der Waals surface area contributed by atoms with E-state index in [-0.39, 0.29) is 17.6 Å². The standard InChI is InChI=1S/C8H18O2/c1-6(7(2)9)8(3,4)10-5/h6-7,9H,1-5H3. The third-order valence-electron chi connectivity index (χ3n) is 2.35. The summed E-state index contributed by atoms with van der Waals surface area (Å²) in [4.78, 5) is 0. The van der Waals surface area contributed by atoms with Crippen molar-refractivity contribution in [3.63, 3.8) is 0 Å². The summed E-state index contributed by atoms with van der Waals surface area (Å²) in [7, 11) is 1.67. The zero-order valence-electron chi connectivity index (χ0n) is 7.51. The van der Waals surface area contributed by atoms with Gasteiger partial charge in [0.05, 0.1) is 11.7 Å².